The van der Waals surface area contributed by atoms with Gasteiger partial charge in [-0.05, 0) is 43.2 Å². The quantitative estimate of drug-likeness (QED) is 0.889. The topological polar surface area (TPSA) is 15.3 Å². The summed E-state index contributed by atoms with van der Waals surface area (Å²) in [5, 5.41) is 5.32. The second kappa shape index (κ2) is 5.34. The van der Waals surface area contributed by atoms with Gasteiger partial charge in [0.25, 0.3) is 0 Å². The first kappa shape index (κ1) is 12.1. The number of nitrogens with zero attached hydrogens (tertiary/aromatic N) is 1. The Morgan fingerprint density at radius 2 is 2.00 bits per heavy atom. The fourth-order valence-corrected chi connectivity index (χ4v) is 2.98. The first-order valence-electron chi connectivity index (χ1n) is 5.70. The summed E-state index contributed by atoms with van der Waals surface area (Å²) in [6, 6.07) is 13.2. The number of benzene rings is 1. The lowest BCUT2D eigenvalue weighted by Gasteiger charge is -2.24. The highest BCUT2D eigenvalue weighted by Gasteiger charge is 2.17. The Morgan fingerprint density at radius 1 is 1.18 bits per heavy atom. The van der Waals surface area contributed by atoms with Crippen molar-refractivity contribution in [1.82, 2.24) is 4.90 Å². The minimum atomic E-state index is 0.336. The first-order chi connectivity index (χ1) is 8.22. The molecule has 0 saturated carbocycles. The summed E-state index contributed by atoms with van der Waals surface area (Å²) in [6.07, 6.45) is 0. The molecule has 0 spiro atoms. The van der Waals surface area contributed by atoms with Gasteiger partial charge in [0.05, 0.1) is 6.04 Å². The molecule has 90 valence electrons. The summed E-state index contributed by atoms with van der Waals surface area (Å²) >= 11 is 1.81. The van der Waals surface area contributed by atoms with E-state index in [0.717, 1.165) is 5.69 Å². The van der Waals surface area contributed by atoms with Gasteiger partial charge >= 0.3 is 0 Å². The van der Waals surface area contributed by atoms with E-state index in [1.807, 2.05) is 7.05 Å². The highest BCUT2D eigenvalue weighted by atomic mass is 32.1. The fourth-order valence-electron chi connectivity index (χ4n) is 2.03. The van der Waals surface area contributed by atoms with E-state index >= 15 is 0 Å². The zero-order valence-corrected chi connectivity index (χ0v) is 11.3. The zero-order chi connectivity index (χ0) is 12.3. The van der Waals surface area contributed by atoms with E-state index in [1.54, 1.807) is 11.3 Å². The van der Waals surface area contributed by atoms with Crippen molar-refractivity contribution in [3.05, 3.63) is 52.2 Å². The van der Waals surface area contributed by atoms with E-state index in [2.05, 4.69) is 66.1 Å². The third-order valence-corrected chi connectivity index (χ3v) is 3.74. The minimum Gasteiger partial charge on any atom is -0.388 e. The Morgan fingerprint density at radius 3 is 2.59 bits per heavy atom. The van der Waals surface area contributed by atoms with Crippen LogP contribution in [0.25, 0.3) is 0 Å². The summed E-state index contributed by atoms with van der Waals surface area (Å²) in [4.78, 5) is 3.63. The van der Waals surface area contributed by atoms with Crippen molar-refractivity contribution in [2.75, 3.05) is 26.5 Å². The van der Waals surface area contributed by atoms with Gasteiger partial charge in [0, 0.05) is 17.6 Å². The van der Waals surface area contributed by atoms with Crippen molar-refractivity contribution < 1.29 is 0 Å². The molecule has 0 aliphatic rings. The molecular formula is C14H18N2S. The summed E-state index contributed by atoms with van der Waals surface area (Å²) in [7, 11) is 6.20. The van der Waals surface area contributed by atoms with Crippen molar-refractivity contribution in [2.45, 2.75) is 6.04 Å². The van der Waals surface area contributed by atoms with Crippen molar-refractivity contribution in [1.29, 1.82) is 0 Å². The van der Waals surface area contributed by atoms with Crippen molar-refractivity contribution in [2.24, 2.45) is 0 Å². The average Bonchev–Trinajstić information content (AvgIpc) is 2.83. The van der Waals surface area contributed by atoms with E-state index in [-0.39, 0.29) is 0 Å². The van der Waals surface area contributed by atoms with Crippen LogP contribution in [-0.4, -0.2) is 26.0 Å². The predicted molar refractivity (Wildman–Crippen MR) is 75.8 cm³/mol. The first-order valence-corrected chi connectivity index (χ1v) is 6.58. The zero-order valence-electron chi connectivity index (χ0n) is 10.5. The lowest BCUT2D eigenvalue weighted by molar-refractivity contribution is 0.346. The second-order valence-corrected chi connectivity index (χ2v) is 5.24. The molecule has 2 nitrogen and oxygen atoms in total. The molecule has 0 amide bonds. The maximum Gasteiger partial charge on any atom is 0.0691 e. The average molecular weight is 246 g/mol. The Hall–Kier alpha value is -1.32. The van der Waals surface area contributed by atoms with E-state index in [9.17, 15) is 0 Å². The Balaban J connectivity index is 2.39. The van der Waals surface area contributed by atoms with Gasteiger partial charge in [0.2, 0.25) is 0 Å². The summed E-state index contributed by atoms with van der Waals surface area (Å²) < 4.78 is 0. The standard InChI is InChI=1S/C14H18N2S/c1-15-12-7-4-6-11(10-12)14(16(2)3)13-8-5-9-17-13/h4-10,14-15H,1-3H3. The van der Waals surface area contributed by atoms with Gasteiger partial charge in [-0.3, -0.25) is 4.90 Å². The summed E-state index contributed by atoms with van der Waals surface area (Å²) in [5.41, 5.74) is 2.48. The van der Waals surface area contributed by atoms with Gasteiger partial charge in [-0.25, -0.2) is 0 Å². The van der Waals surface area contributed by atoms with Crippen LogP contribution in [0.4, 0.5) is 5.69 Å². The highest BCUT2D eigenvalue weighted by Crippen LogP contribution is 2.31. The molecule has 0 fully saturated rings. The lowest BCUT2D eigenvalue weighted by atomic mass is 10.0. The highest BCUT2D eigenvalue weighted by molar-refractivity contribution is 7.10. The summed E-state index contributed by atoms with van der Waals surface area (Å²) in [5.74, 6) is 0. The molecule has 0 radical (unpaired) electrons. The Bertz CT molecular complexity index is 463. The molecule has 2 rings (SSSR count). The van der Waals surface area contributed by atoms with Crippen LogP contribution in [0.1, 0.15) is 16.5 Å². The van der Waals surface area contributed by atoms with Crippen LogP contribution < -0.4 is 5.32 Å². The smallest absolute Gasteiger partial charge is 0.0691 e. The molecule has 1 aromatic heterocycles. The molecule has 1 aromatic carbocycles. The molecular weight excluding hydrogens is 228 g/mol. The third kappa shape index (κ3) is 2.68. The number of hydrogen-bond acceptors (Lipinski definition) is 3. The predicted octanol–water partition coefficient (Wildman–Crippen LogP) is 3.44. The molecule has 0 aliphatic carbocycles. The van der Waals surface area contributed by atoms with Crippen LogP contribution in [-0.2, 0) is 0 Å². The van der Waals surface area contributed by atoms with E-state index in [4.69, 9.17) is 0 Å². The van der Waals surface area contributed by atoms with Gasteiger partial charge in [0.1, 0.15) is 0 Å². The van der Waals surface area contributed by atoms with Crippen LogP contribution in [0.2, 0.25) is 0 Å². The van der Waals surface area contributed by atoms with Crippen LogP contribution in [0.15, 0.2) is 41.8 Å². The van der Waals surface area contributed by atoms with Gasteiger partial charge in [0.15, 0.2) is 0 Å². The van der Waals surface area contributed by atoms with Gasteiger partial charge in [-0.1, -0.05) is 18.2 Å². The maximum atomic E-state index is 3.19. The monoisotopic (exact) mass is 246 g/mol. The second-order valence-electron chi connectivity index (χ2n) is 4.26. The molecule has 1 atom stereocenters. The van der Waals surface area contributed by atoms with Crippen molar-refractivity contribution in [3.63, 3.8) is 0 Å². The number of nitrogens with one attached hydrogen (secondary N) is 1. The lowest BCUT2D eigenvalue weighted by Crippen LogP contribution is -2.20. The van der Waals surface area contributed by atoms with Crippen molar-refractivity contribution >= 4 is 17.0 Å². The number of anilines is 1. The van der Waals surface area contributed by atoms with Gasteiger partial charge < -0.3 is 5.32 Å². The summed E-state index contributed by atoms with van der Waals surface area (Å²) in [6.45, 7) is 0. The van der Waals surface area contributed by atoms with Crippen molar-refractivity contribution in [3.8, 4) is 0 Å². The molecule has 0 saturated heterocycles. The van der Waals surface area contributed by atoms with Gasteiger partial charge in [-0.15, -0.1) is 11.3 Å². The largest absolute Gasteiger partial charge is 0.388 e. The number of hydrogen-bond donors (Lipinski definition) is 1. The molecule has 1 heterocycles. The molecule has 0 bridgehead atoms. The van der Waals surface area contributed by atoms with Crippen LogP contribution >= 0.6 is 11.3 Å². The van der Waals surface area contributed by atoms with E-state index in [1.165, 1.54) is 10.4 Å². The Labute approximate surface area is 107 Å². The number of thiophene rings is 1. The molecule has 17 heavy (non-hydrogen) atoms. The van der Waals surface area contributed by atoms with E-state index < -0.39 is 0 Å². The van der Waals surface area contributed by atoms with Crippen LogP contribution in [0, 0.1) is 0 Å². The van der Waals surface area contributed by atoms with Gasteiger partial charge in [-0.2, -0.15) is 0 Å². The molecule has 2 aromatic rings. The minimum absolute atomic E-state index is 0.336. The fraction of sp³-hybridized carbons (Fsp3) is 0.286. The SMILES string of the molecule is CNc1cccc(C(c2cccs2)N(C)C)c1. The maximum absolute atomic E-state index is 3.19. The van der Waals surface area contributed by atoms with Crippen LogP contribution in [0.3, 0.4) is 0 Å². The van der Waals surface area contributed by atoms with E-state index in [0.29, 0.717) is 6.04 Å². The number of rotatable bonds is 4. The van der Waals surface area contributed by atoms with Crippen LogP contribution in [0.5, 0.6) is 0 Å². The molecule has 3 heteroatoms. The molecule has 1 N–H and O–H groups in total. The normalized spacial score (nSPS) is 12.7. The Kier molecular flexibility index (Phi) is 3.82. The molecule has 0 aliphatic heterocycles. The third-order valence-electron chi connectivity index (χ3n) is 2.82. The molecule has 1 unspecified atom stereocenters.